The fourth-order valence-corrected chi connectivity index (χ4v) is 18.0. The number of benzene rings is 6. The highest BCUT2D eigenvalue weighted by molar-refractivity contribution is 8.20. The Morgan fingerprint density at radius 3 is 0.957 bits per heavy atom. The number of hydrogen-bond donors (Lipinski definition) is 4. The SMILES string of the molecule is C/C(=C1/SC(=O)NC1=O)c1ccc(-c2ccccc2Cl)o1.CN(C)CCN1C(=O)S/C(=C\c2ccc(-c3cc(C(F)(F)F)ccc3Cl)o2)C1=O.CN(C)CCN1C(=O)S/C(=C\c2ccc(-c3ccccc3Cl)o2)C1=O.O=C1NC(=O)/C(=C/c2ccc(-c3cc(C(F)(F)F)ccc3Cl)o2)S1.O=C1NC(=O)/C(=C/c2ccc(-c3ccccc3)o2)S1.O=C1NC(=O)/C(=C/c2ccc(-c3ccccc3Cl)o2)S1. The number of halogens is 11. The van der Waals surface area contributed by atoms with Gasteiger partial charge in [0.25, 0.3) is 66.9 Å². The molecule has 0 bridgehead atoms. The number of furan rings is 6. The van der Waals surface area contributed by atoms with E-state index in [9.17, 15) is 83.9 Å². The maximum Gasteiger partial charge on any atom is 0.416 e. The van der Waals surface area contributed by atoms with Crippen molar-refractivity contribution in [2.24, 2.45) is 0 Å². The summed E-state index contributed by atoms with van der Waals surface area (Å²) in [5, 5.41) is 8.44. The van der Waals surface area contributed by atoms with Crippen molar-refractivity contribution in [3.8, 4) is 67.9 Å². The highest BCUT2D eigenvalue weighted by Gasteiger charge is 2.39. The molecule has 4 N–H and O–H groups in total. The third-order valence-corrected chi connectivity index (χ3v) is 26.1. The largest absolute Gasteiger partial charge is 0.457 e. The molecule has 0 aliphatic carbocycles. The standard InChI is InChI=1S/C19H16ClF3N2O3S.C18H17ClN2O3S.C15H7ClF3NO3S.C15H10ClNO3S.C14H8ClNO3S.C14H9NO3S/c1-24(2)7-8-25-17(26)16(29-18(25)27)10-12-4-6-15(28-12)13-9-11(19(21,22)23)3-5-14(13)20;1-20(2)9-10-21-17(22)16(25-18(21)23)11-12-7-8-15(24-12)13-5-3-4-6-14(13)19;16-10-3-1-7(15(17,18)19)5-9(10)11-4-2-8(23-11)6-12-13(21)20-14(22)24-12;1-8(13-14(18)17-15(19)21-13)11-6-7-12(20-11)9-4-2-3-5-10(9)16;15-10-4-2-1-3-9(10)11-6-5-8(19-11)7-12-13(17)16-14(18)20-12;16-13-12(19-14(17)15-13)8-10-6-7-11(18-10)9-4-2-1-3-5-9/h3-6,9-10H,7-8H2,1-2H3;3-8,11H,9-10H2,1-2H3;1-6H,(H,20,21,22);2-7H,1H3,(H,17,18,19);1-7H,(H,16,17,18);1-8H,(H,15,16,17)/b16-10-;16-11-;12-6-;13-8-;12-7-;12-8-. The van der Waals surface area contributed by atoms with Crippen LogP contribution in [-0.4, -0.2) is 141 Å². The molecule has 0 atom stereocenters. The van der Waals surface area contributed by atoms with E-state index in [1.54, 1.807) is 79.7 Å². The molecule has 12 aromatic rings. The fraction of sp³-hybridized carbons (Fsp3) is 0.116. The number of carbonyl (C=O) groups is 12. The van der Waals surface area contributed by atoms with Gasteiger partial charge in [0.05, 0.1) is 65.7 Å². The van der Waals surface area contributed by atoms with Gasteiger partial charge in [-0.3, -0.25) is 88.6 Å². The topological polar surface area (TPSA) is 345 Å². The molecule has 18 rings (SSSR count). The lowest BCUT2D eigenvalue weighted by molar-refractivity contribution is -0.138. The quantitative estimate of drug-likeness (QED) is 0.0458. The van der Waals surface area contributed by atoms with Crippen molar-refractivity contribution >= 4 is 231 Å². The Bertz CT molecular complexity index is 7010. The van der Waals surface area contributed by atoms with E-state index < -0.39 is 52.3 Å². The normalized spacial score (nSPS) is 16.7. The fourth-order valence-electron chi connectivity index (χ4n) is 12.5. The summed E-state index contributed by atoms with van der Waals surface area (Å²) in [6, 6.07) is 57.6. The number of thioether (sulfide) groups is 6. The third-order valence-electron chi connectivity index (χ3n) is 19.2. The molecule has 43 heteroatoms. The Hall–Kier alpha value is -12.7. The molecule has 6 aromatic carbocycles. The zero-order valence-electron chi connectivity index (χ0n) is 71.7. The van der Waals surface area contributed by atoms with Crippen molar-refractivity contribution in [2.75, 3.05) is 54.4 Å². The summed E-state index contributed by atoms with van der Waals surface area (Å²) in [6.07, 6.45) is -1.60. The van der Waals surface area contributed by atoms with Gasteiger partial charge < -0.3 is 36.3 Å². The second-order valence-corrected chi connectivity index (χ2v) is 37.5. The Kier molecular flexibility index (Phi) is 34.0. The first-order valence-electron chi connectivity index (χ1n) is 40.1. The lowest BCUT2D eigenvalue weighted by atomic mass is 10.1. The summed E-state index contributed by atoms with van der Waals surface area (Å²) in [5.41, 5.74) is 2.39. The number of carbonyl (C=O) groups excluding carboxylic acids is 12. The van der Waals surface area contributed by atoms with Crippen molar-refractivity contribution < 1.29 is 110 Å². The van der Waals surface area contributed by atoms with Gasteiger partial charge in [0.15, 0.2) is 0 Å². The van der Waals surface area contributed by atoms with Crippen molar-refractivity contribution in [2.45, 2.75) is 19.3 Å². The predicted octanol–water partition coefficient (Wildman–Crippen LogP) is 25.9. The van der Waals surface area contributed by atoms with E-state index in [-0.39, 0.29) is 98.6 Å². The van der Waals surface area contributed by atoms with Gasteiger partial charge in [-0.2, -0.15) is 26.3 Å². The summed E-state index contributed by atoms with van der Waals surface area (Å²) in [4.78, 5) is 147. The van der Waals surface area contributed by atoms with Crippen molar-refractivity contribution in [1.29, 1.82) is 0 Å². The molecule has 6 aromatic heterocycles. The Morgan fingerprint density at radius 2 is 0.630 bits per heavy atom. The number of nitrogens with zero attached hydrogens (tertiary/aromatic N) is 4. The van der Waals surface area contributed by atoms with Crippen LogP contribution in [0.3, 0.4) is 0 Å². The monoisotopic (exact) mass is 2090 g/mol. The van der Waals surface area contributed by atoms with Crippen molar-refractivity contribution in [1.82, 2.24) is 40.9 Å². The minimum Gasteiger partial charge on any atom is -0.457 e. The van der Waals surface area contributed by atoms with Crippen molar-refractivity contribution in [3.05, 3.63) is 313 Å². The van der Waals surface area contributed by atoms with Gasteiger partial charge in [-0.05, 0) is 251 Å². The molecule has 0 spiro atoms. The molecular formula is C95H67Cl5F6N8O18S6. The first-order chi connectivity index (χ1) is 65.7. The van der Waals surface area contributed by atoms with Crippen LogP contribution in [-0.2, 0) is 41.1 Å². The van der Waals surface area contributed by atoms with E-state index in [0.717, 1.165) is 128 Å². The number of alkyl halides is 6. The van der Waals surface area contributed by atoms with E-state index in [1.807, 2.05) is 129 Å². The number of amides is 12. The second kappa shape index (κ2) is 45.7. The van der Waals surface area contributed by atoms with Gasteiger partial charge in [-0.15, -0.1) is 0 Å². The predicted molar refractivity (Wildman–Crippen MR) is 523 cm³/mol. The molecule has 0 radical (unpaired) electrons. The van der Waals surface area contributed by atoms with Crippen LogP contribution in [0.15, 0.2) is 268 Å². The lowest BCUT2D eigenvalue weighted by Gasteiger charge is -2.15. The Morgan fingerprint density at radius 1 is 0.333 bits per heavy atom. The number of rotatable bonds is 18. The van der Waals surface area contributed by atoms with Crippen LogP contribution < -0.4 is 21.3 Å². The number of hydrogen-bond acceptors (Lipinski definition) is 26. The minimum absolute atomic E-state index is 0.0794. The van der Waals surface area contributed by atoms with Crippen LogP contribution in [0, 0.1) is 0 Å². The van der Waals surface area contributed by atoms with Crippen molar-refractivity contribution in [3.63, 3.8) is 0 Å². The van der Waals surface area contributed by atoms with Gasteiger partial charge in [-0.25, -0.2) is 0 Å². The summed E-state index contributed by atoms with van der Waals surface area (Å²) in [7, 11) is 7.46. The zero-order valence-corrected chi connectivity index (χ0v) is 80.3. The number of allylic oxidation sites excluding steroid dienone is 1. The molecule has 0 saturated carbocycles. The van der Waals surface area contributed by atoms with E-state index in [4.69, 9.17) is 84.5 Å². The first-order valence-corrected chi connectivity index (χ1v) is 46.9. The van der Waals surface area contributed by atoms with Gasteiger partial charge in [0.1, 0.15) is 69.1 Å². The van der Waals surface area contributed by atoms with E-state index in [1.165, 1.54) is 47.4 Å². The van der Waals surface area contributed by atoms with Gasteiger partial charge >= 0.3 is 12.4 Å². The summed E-state index contributed by atoms with van der Waals surface area (Å²) in [6.45, 7) is 3.54. The molecule has 6 fully saturated rings. The van der Waals surface area contributed by atoms with Crippen LogP contribution in [0.1, 0.15) is 52.6 Å². The Balaban J connectivity index is 0.000000140. The Labute approximate surface area is 830 Å². The third kappa shape index (κ3) is 26.8. The molecular weight excluding hydrogens is 2020 g/mol. The average Bonchev–Trinajstić information content (AvgIpc) is 1.61. The summed E-state index contributed by atoms with van der Waals surface area (Å²) >= 11 is 35.4. The lowest BCUT2D eigenvalue weighted by Crippen LogP contribution is -2.34. The van der Waals surface area contributed by atoms with Crippen LogP contribution in [0.4, 0.5) is 55.1 Å². The maximum atomic E-state index is 13.0. The molecule has 6 aliphatic heterocycles. The van der Waals surface area contributed by atoms with Crippen LogP contribution in [0.2, 0.25) is 25.1 Å². The first kappa shape index (κ1) is 103. The number of nitrogens with one attached hydrogen (secondary N) is 4. The highest BCUT2D eigenvalue weighted by Crippen LogP contribution is 2.44. The van der Waals surface area contributed by atoms with Crippen LogP contribution in [0.5, 0.6) is 0 Å². The molecule has 12 amide bonds. The molecule has 138 heavy (non-hydrogen) atoms. The van der Waals surface area contributed by atoms with Gasteiger partial charge in [0.2, 0.25) is 0 Å². The minimum atomic E-state index is -4.51. The zero-order chi connectivity index (χ0) is 99.1. The second-order valence-electron chi connectivity index (χ2n) is 29.5. The molecule has 0 unspecified atom stereocenters. The van der Waals surface area contributed by atoms with E-state index >= 15 is 0 Å². The van der Waals surface area contributed by atoms with Gasteiger partial charge in [-0.1, -0.05) is 125 Å². The molecule has 6 aliphatic rings. The molecule has 12 heterocycles. The van der Waals surface area contributed by atoms with Crippen LogP contribution in [0.25, 0.3) is 104 Å². The van der Waals surface area contributed by atoms with Gasteiger partial charge in [0, 0.05) is 95.5 Å². The maximum absolute atomic E-state index is 13.0. The van der Waals surface area contributed by atoms with Crippen LogP contribution >= 0.6 is 129 Å². The highest BCUT2D eigenvalue weighted by atomic mass is 35.5. The molecule has 26 nitrogen and oxygen atoms in total. The summed E-state index contributed by atoms with van der Waals surface area (Å²) in [5.74, 6) is 2.88. The summed E-state index contributed by atoms with van der Waals surface area (Å²) < 4.78 is 111. The average molecular weight is 2090 g/mol. The molecule has 708 valence electrons. The molecule has 6 saturated heterocycles. The smallest absolute Gasteiger partial charge is 0.416 e. The number of imide groups is 6. The van der Waals surface area contributed by atoms with E-state index in [2.05, 4.69) is 21.3 Å². The van der Waals surface area contributed by atoms with E-state index in [0.29, 0.717) is 112 Å². The number of likely N-dealkylation sites (N-methyl/N-ethyl adjacent to an activating group) is 2.